The fourth-order valence-corrected chi connectivity index (χ4v) is 3.16. The number of carbonyl (C=O) groups is 1. The lowest BCUT2D eigenvalue weighted by Crippen LogP contribution is -2.52. The number of nitrogens with one attached hydrogen (secondary N) is 2. The zero-order chi connectivity index (χ0) is 13.2. The van der Waals surface area contributed by atoms with Crippen LogP contribution in [0.4, 0.5) is 0 Å². The molecule has 3 rings (SSSR count). The van der Waals surface area contributed by atoms with E-state index in [-0.39, 0.29) is 11.9 Å². The van der Waals surface area contributed by atoms with E-state index in [0.717, 1.165) is 37.4 Å². The average Bonchev–Trinajstić information content (AvgIpc) is 2.94. The third kappa shape index (κ3) is 2.52. The van der Waals surface area contributed by atoms with Crippen LogP contribution in [0.15, 0.2) is 6.33 Å². The Labute approximate surface area is 113 Å². The average molecular weight is 262 g/mol. The first-order valence-electron chi connectivity index (χ1n) is 7.31. The summed E-state index contributed by atoms with van der Waals surface area (Å²) in [6.45, 7) is 4.78. The van der Waals surface area contributed by atoms with Crippen molar-refractivity contribution in [3.8, 4) is 0 Å². The molecule has 0 aliphatic carbocycles. The van der Waals surface area contributed by atoms with Gasteiger partial charge in [-0.3, -0.25) is 10.1 Å². The topological polar surface area (TPSA) is 61.0 Å². The molecule has 0 spiro atoms. The van der Waals surface area contributed by atoms with E-state index in [1.165, 1.54) is 12.8 Å². The second kappa shape index (κ2) is 5.33. The molecule has 1 aromatic heterocycles. The number of likely N-dealkylation sites (tertiary alicyclic amines) is 1. The number of H-pyrrole nitrogens is 1. The molecule has 0 bridgehead atoms. The molecule has 1 saturated heterocycles. The minimum atomic E-state index is -0.0913. The molecule has 0 saturated carbocycles. The van der Waals surface area contributed by atoms with Crippen molar-refractivity contribution in [2.75, 3.05) is 13.1 Å². The van der Waals surface area contributed by atoms with Gasteiger partial charge in [0.05, 0.1) is 23.8 Å². The molecule has 1 fully saturated rings. The second-order valence-corrected chi connectivity index (χ2v) is 5.67. The van der Waals surface area contributed by atoms with Crippen LogP contribution in [0.1, 0.15) is 37.6 Å². The van der Waals surface area contributed by atoms with Gasteiger partial charge in [-0.05, 0) is 18.8 Å². The largest absolute Gasteiger partial charge is 0.347 e. The molecular weight excluding hydrogens is 240 g/mol. The predicted molar refractivity (Wildman–Crippen MR) is 72.5 cm³/mol. The van der Waals surface area contributed by atoms with Crippen LogP contribution in [-0.4, -0.2) is 39.9 Å². The van der Waals surface area contributed by atoms with Gasteiger partial charge < -0.3 is 9.88 Å². The Morgan fingerprint density at radius 3 is 3.32 bits per heavy atom. The van der Waals surface area contributed by atoms with E-state index in [1.807, 2.05) is 4.90 Å². The Bertz CT molecular complexity index is 456. The van der Waals surface area contributed by atoms with Crippen LogP contribution in [0.5, 0.6) is 0 Å². The maximum absolute atomic E-state index is 12.6. The molecule has 2 atom stereocenters. The molecule has 2 aliphatic rings. The lowest BCUT2D eigenvalue weighted by atomic mass is 9.94. The fraction of sp³-hybridized carbons (Fsp3) is 0.714. The third-order valence-corrected chi connectivity index (χ3v) is 4.44. The van der Waals surface area contributed by atoms with Crippen LogP contribution in [0.3, 0.4) is 0 Å². The molecule has 3 heterocycles. The lowest BCUT2D eigenvalue weighted by Gasteiger charge is -2.35. The molecule has 1 amide bonds. The van der Waals surface area contributed by atoms with E-state index < -0.39 is 0 Å². The van der Waals surface area contributed by atoms with Crippen LogP contribution < -0.4 is 5.32 Å². The van der Waals surface area contributed by atoms with E-state index in [1.54, 1.807) is 6.33 Å². The molecular formula is C14H22N4O. The number of amides is 1. The number of carbonyl (C=O) groups excluding carboxylic acids is 1. The first kappa shape index (κ1) is 12.7. The highest BCUT2D eigenvalue weighted by molar-refractivity contribution is 5.82. The van der Waals surface area contributed by atoms with Crippen LogP contribution in [0.2, 0.25) is 0 Å². The number of fused-ring (bicyclic) bond motifs is 1. The Morgan fingerprint density at radius 2 is 2.47 bits per heavy atom. The van der Waals surface area contributed by atoms with Gasteiger partial charge in [0.25, 0.3) is 0 Å². The maximum Gasteiger partial charge on any atom is 0.240 e. The quantitative estimate of drug-likeness (QED) is 0.838. The van der Waals surface area contributed by atoms with E-state index in [9.17, 15) is 4.79 Å². The highest BCUT2D eigenvalue weighted by Gasteiger charge is 2.31. The second-order valence-electron chi connectivity index (χ2n) is 5.67. The SMILES string of the molecule is CCC1CCCN(C(=O)C2Cc3nc[nH]c3CN2)C1. The number of aromatic amines is 1. The summed E-state index contributed by atoms with van der Waals surface area (Å²) < 4.78 is 0. The van der Waals surface area contributed by atoms with Crippen LogP contribution >= 0.6 is 0 Å². The van der Waals surface area contributed by atoms with Gasteiger partial charge in [-0.15, -0.1) is 0 Å². The number of imidazole rings is 1. The van der Waals surface area contributed by atoms with Crippen molar-refractivity contribution in [1.29, 1.82) is 0 Å². The van der Waals surface area contributed by atoms with Gasteiger partial charge in [0.15, 0.2) is 0 Å². The summed E-state index contributed by atoms with van der Waals surface area (Å²) in [5.74, 6) is 0.939. The Kier molecular flexibility index (Phi) is 3.55. The number of rotatable bonds is 2. The van der Waals surface area contributed by atoms with Gasteiger partial charge >= 0.3 is 0 Å². The van der Waals surface area contributed by atoms with Crippen LogP contribution in [0, 0.1) is 5.92 Å². The third-order valence-electron chi connectivity index (χ3n) is 4.44. The molecule has 1 aromatic rings. The number of hydrogen-bond acceptors (Lipinski definition) is 3. The summed E-state index contributed by atoms with van der Waals surface area (Å²) in [7, 11) is 0. The Morgan fingerprint density at radius 1 is 1.58 bits per heavy atom. The smallest absolute Gasteiger partial charge is 0.240 e. The first-order chi connectivity index (χ1) is 9.28. The maximum atomic E-state index is 12.6. The summed E-state index contributed by atoms with van der Waals surface area (Å²) in [4.78, 5) is 22.0. The van der Waals surface area contributed by atoms with Crippen molar-refractivity contribution < 1.29 is 4.79 Å². The molecule has 5 nitrogen and oxygen atoms in total. The van der Waals surface area contributed by atoms with Crippen LogP contribution in [-0.2, 0) is 17.8 Å². The Hall–Kier alpha value is -1.36. The normalized spacial score (nSPS) is 27.1. The van der Waals surface area contributed by atoms with E-state index >= 15 is 0 Å². The van der Waals surface area contributed by atoms with Gasteiger partial charge in [-0.25, -0.2) is 4.98 Å². The van der Waals surface area contributed by atoms with Crippen LogP contribution in [0.25, 0.3) is 0 Å². The van der Waals surface area contributed by atoms with Gasteiger partial charge in [0.1, 0.15) is 0 Å². The summed E-state index contributed by atoms with van der Waals surface area (Å²) in [6, 6.07) is -0.0913. The molecule has 104 valence electrons. The van der Waals surface area contributed by atoms with Crippen molar-refractivity contribution in [2.24, 2.45) is 5.92 Å². The molecule has 19 heavy (non-hydrogen) atoms. The molecule has 0 aromatic carbocycles. The zero-order valence-corrected chi connectivity index (χ0v) is 11.5. The lowest BCUT2D eigenvalue weighted by molar-refractivity contribution is -0.135. The van der Waals surface area contributed by atoms with Gasteiger partial charge in [0, 0.05) is 26.1 Å². The predicted octanol–water partition coefficient (Wildman–Crippen LogP) is 1.07. The molecule has 2 aliphatic heterocycles. The molecule has 2 N–H and O–H groups in total. The number of nitrogens with zero attached hydrogens (tertiary/aromatic N) is 2. The number of aromatic nitrogens is 2. The minimum Gasteiger partial charge on any atom is -0.347 e. The molecule has 2 unspecified atom stereocenters. The van der Waals surface area contributed by atoms with Crippen molar-refractivity contribution in [3.63, 3.8) is 0 Å². The van der Waals surface area contributed by atoms with Crippen molar-refractivity contribution in [2.45, 2.75) is 45.2 Å². The Balaban J connectivity index is 1.65. The van der Waals surface area contributed by atoms with Gasteiger partial charge in [0.2, 0.25) is 5.91 Å². The summed E-state index contributed by atoms with van der Waals surface area (Å²) >= 11 is 0. The van der Waals surface area contributed by atoms with E-state index in [2.05, 4.69) is 22.2 Å². The summed E-state index contributed by atoms with van der Waals surface area (Å²) in [6.07, 6.45) is 6.01. The van der Waals surface area contributed by atoms with E-state index in [4.69, 9.17) is 0 Å². The van der Waals surface area contributed by atoms with Crippen molar-refractivity contribution in [1.82, 2.24) is 20.2 Å². The van der Waals surface area contributed by atoms with Crippen molar-refractivity contribution >= 4 is 5.91 Å². The summed E-state index contributed by atoms with van der Waals surface area (Å²) in [5, 5.41) is 3.33. The first-order valence-corrected chi connectivity index (χ1v) is 7.31. The molecule has 5 heteroatoms. The minimum absolute atomic E-state index is 0.0913. The standard InChI is InChI=1S/C14H22N4O/c1-2-10-4-3-5-18(8-10)14(19)12-6-11-13(7-15-12)17-9-16-11/h9-10,12,15H,2-8H2,1H3,(H,16,17). The zero-order valence-electron chi connectivity index (χ0n) is 11.5. The highest BCUT2D eigenvalue weighted by Crippen LogP contribution is 2.21. The number of piperidine rings is 1. The highest BCUT2D eigenvalue weighted by atomic mass is 16.2. The van der Waals surface area contributed by atoms with E-state index in [0.29, 0.717) is 12.3 Å². The summed E-state index contributed by atoms with van der Waals surface area (Å²) in [5.41, 5.74) is 2.16. The van der Waals surface area contributed by atoms with Gasteiger partial charge in [-0.2, -0.15) is 0 Å². The number of hydrogen-bond donors (Lipinski definition) is 2. The monoisotopic (exact) mass is 262 g/mol. The fourth-order valence-electron chi connectivity index (χ4n) is 3.16. The van der Waals surface area contributed by atoms with Gasteiger partial charge in [-0.1, -0.05) is 13.3 Å². The van der Waals surface area contributed by atoms with Crippen molar-refractivity contribution in [3.05, 3.63) is 17.7 Å². The molecule has 0 radical (unpaired) electrons.